The molecular formula is C16H24N4O. The Morgan fingerprint density at radius 3 is 2.81 bits per heavy atom. The first kappa shape index (κ1) is 15.7. The molecule has 0 aliphatic heterocycles. The molecule has 0 spiro atoms. The third-order valence-electron chi connectivity index (χ3n) is 3.58. The minimum absolute atomic E-state index is 0.163. The number of hydrogen-bond acceptors (Lipinski definition) is 5. The molecule has 0 saturated heterocycles. The van der Waals surface area contributed by atoms with E-state index in [0.29, 0.717) is 12.4 Å². The van der Waals surface area contributed by atoms with Crippen molar-refractivity contribution in [2.24, 2.45) is 5.84 Å². The topological polar surface area (TPSA) is 74.4 Å². The molecule has 0 radical (unpaired) electrons. The molecule has 0 amide bonds. The van der Waals surface area contributed by atoms with Crippen LogP contribution in [0.15, 0.2) is 30.3 Å². The predicted octanol–water partition coefficient (Wildman–Crippen LogP) is 2.11. The Balaban J connectivity index is 2.25. The zero-order chi connectivity index (χ0) is 15.1. The van der Waals surface area contributed by atoms with Gasteiger partial charge < -0.3 is 10.5 Å². The fraction of sp³-hybridized carbons (Fsp3) is 0.438. The lowest BCUT2D eigenvalue weighted by Crippen LogP contribution is -2.28. The Bertz CT molecular complexity index is 573. The summed E-state index contributed by atoms with van der Waals surface area (Å²) in [6.07, 6.45) is 2.26. The van der Waals surface area contributed by atoms with E-state index in [-0.39, 0.29) is 6.61 Å². The molecule has 2 aromatic rings. The number of fused-ring (bicyclic) bond motifs is 1. The number of nitrogens with zero attached hydrogens (tertiary/aromatic N) is 2. The molecule has 21 heavy (non-hydrogen) atoms. The Morgan fingerprint density at radius 2 is 2.10 bits per heavy atom. The van der Waals surface area contributed by atoms with Gasteiger partial charge in [0.1, 0.15) is 5.82 Å². The molecule has 4 N–H and O–H groups in total. The van der Waals surface area contributed by atoms with Crippen molar-refractivity contribution in [3.63, 3.8) is 0 Å². The second kappa shape index (κ2) is 7.93. The standard InChI is InChI=1S/C16H24N4O/c1-2-3-8-20(9-10-21)12-14-11-13-6-4-5-7-15(13)18-16(14)19-17/h4-7,11,21H,2-3,8-10,12,17H2,1H3,(H,18,19). The van der Waals surface area contributed by atoms with E-state index in [1.165, 1.54) is 0 Å². The Hall–Kier alpha value is -1.69. The van der Waals surface area contributed by atoms with Crippen LogP contribution < -0.4 is 11.3 Å². The third kappa shape index (κ3) is 4.14. The van der Waals surface area contributed by atoms with Crippen molar-refractivity contribution in [1.29, 1.82) is 0 Å². The fourth-order valence-electron chi connectivity index (χ4n) is 2.44. The maximum atomic E-state index is 9.21. The summed E-state index contributed by atoms with van der Waals surface area (Å²) in [6.45, 7) is 4.69. The Labute approximate surface area is 125 Å². The fourth-order valence-corrected chi connectivity index (χ4v) is 2.44. The van der Waals surface area contributed by atoms with Crippen molar-refractivity contribution in [3.05, 3.63) is 35.9 Å². The average Bonchev–Trinajstić information content (AvgIpc) is 2.52. The average molecular weight is 288 g/mol. The van der Waals surface area contributed by atoms with Gasteiger partial charge in [0.2, 0.25) is 0 Å². The molecule has 0 aliphatic rings. The highest BCUT2D eigenvalue weighted by molar-refractivity contribution is 5.81. The number of aromatic nitrogens is 1. The van der Waals surface area contributed by atoms with Crippen molar-refractivity contribution in [1.82, 2.24) is 9.88 Å². The molecule has 1 aromatic heterocycles. The number of rotatable bonds is 8. The molecule has 0 atom stereocenters. The second-order valence-corrected chi connectivity index (χ2v) is 5.19. The van der Waals surface area contributed by atoms with Gasteiger partial charge in [0.05, 0.1) is 12.1 Å². The van der Waals surface area contributed by atoms with E-state index in [1.54, 1.807) is 0 Å². The molecule has 5 nitrogen and oxygen atoms in total. The van der Waals surface area contributed by atoms with Crippen molar-refractivity contribution < 1.29 is 5.11 Å². The van der Waals surface area contributed by atoms with Gasteiger partial charge in [-0.15, -0.1) is 0 Å². The SMILES string of the molecule is CCCCN(CCO)Cc1cc2ccccc2nc1NN. The third-order valence-corrected chi connectivity index (χ3v) is 3.58. The normalized spacial score (nSPS) is 11.2. The number of pyridine rings is 1. The first-order valence-corrected chi connectivity index (χ1v) is 7.47. The summed E-state index contributed by atoms with van der Waals surface area (Å²) in [5.74, 6) is 6.31. The number of nitrogens with two attached hydrogens (primary N) is 1. The maximum Gasteiger partial charge on any atom is 0.145 e. The molecule has 1 aromatic carbocycles. The van der Waals surface area contributed by atoms with Crippen LogP contribution in [-0.2, 0) is 6.54 Å². The number of nitrogen functional groups attached to an aromatic ring is 1. The quantitative estimate of drug-likeness (QED) is 0.512. The monoisotopic (exact) mass is 288 g/mol. The lowest BCUT2D eigenvalue weighted by molar-refractivity contribution is 0.188. The van der Waals surface area contributed by atoms with Crippen molar-refractivity contribution in [2.75, 3.05) is 25.1 Å². The first-order chi connectivity index (χ1) is 10.3. The van der Waals surface area contributed by atoms with Gasteiger partial charge in [0.15, 0.2) is 0 Å². The van der Waals surface area contributed by atoms with Crippen molar-refractivity contribution in [2.45, 2.75) is 26.3 Å². The summed E-state index contributed by atoms with van der Waals surface area (Å²) in [6, 6.07) is 10.1. The number of aliphatic hydroxyl groups is 1. The lowest BCUT2D eigenvalue weighted by atomic mass is 10.1. The van der Waals surface area contributed by atoms with Gasteiger partial charge in [-0.25, -0.2) is 10.8 Å². The van der Waals surface area contributed by atoms with Crippen molar-refractivity contribution >= 4 is 16.7 Å². The van der Waals surface area contributed by atoms with Gasteiger partial charge in [-0.05, 0) is 25.1 Å². The highest BCUT2D eigenvalue weighted by Crippen LogP contribution is 2.21. The van der Waals surface area contributed by atoms with E-state index >= 15 is 0 Å². The molecule has 0 unspecified atom stereocenters. The van der Waals surface area contributed by atoms with E-state index in [9.17, 15) is 5.11 Å². The smallest absolute Gasteiger partial charge is 0.145 e. The van der Waals surface area contributed by atoms with Crippen LogP contribution >= 0.6 is 0 Å². The highest BCUT2D eigenvalue weighted by atomic mass is 16.3. The molecule has 0 bridgehead atoms. The molecule has 0 fully saturated rings. The summed E-state index contributed by atoms with van der Waals surface area (Å²) in [5.41, 5.74) is 4.67. The summed E-state index contributed by atoms with van der Waals surface area (Å²) >= 11 is 0. The van der Waals surface area contributed by atoms with Gasteiger partial charge in [-0.1, -0.05) is 31.5 Å². The van der Waals surface area contributed by atoms with Crippen LogP contribution in [0.25, 0.3) is 10.9 Å². The number of unbranched alkanes of at least 4 members (excludes halogenated alkanes) is 1. The van der Waals surface area contributed by atoms with Gasteiger partial charge in [0, 0.05) is 24.0 Å². The maximum absolute atomic E-state index is 9.21. The predicted molar refractivity (Wildman–Crippen MR) is 86.8 cm³/mol. The summed E-state index contributed by atoms with van der Waals surface area (Å²) in [7, 11) is 0. The van der Waals surface area contributed by atoms with Crippen LogP contribution in [-0.4, -0.2) is 34.7 Å². The Morgan fingerprint density at radius 1 is 1.29 bits per heavy atom. The first-order valence-electron chi connectivity index (χ1n) is 7.47. The van der Waals surface area contributed by atoms with E-state index in [2.05, 4.69) is 34.4 Å². The molecular weight excluding hydrogens is 264 g/mol. The van der Waals surface area contributed by atoms with Crippen LogP contribution in [0.4, 0.5) is 5.82 Å². The van der Waals surface area contributed by atoms with Gasteiger partial charge in [0.25, 0.3) is 0 Å². The van der Waals surface area contributed by atoms with Gasteiger partial charge in [-0.2, -0.15) is 0 Å². The van der Waals surface area contributed by atoms with Crippen LogP contribution in [0.3, 0.4) is 0 Å². The number of anilines is 1. The molecule has 2 rings (SSSR count). The van der Waals surface area contributed by atoms with Gasteiger partial charge >= 0.3 is 0 Å². The number of benzene rings is 1. The summed E-state index contributed by atoms with van der Waals surface area (Å²) < 4.78 is 0. The van der Waals surface area contributed by atoms with Crippen LogP contribution in [0.2, 0.25) is 0 Å². The Kier molecular flexibility index (Phi) is 5.92. The largest absolute Gasteiger partial charge is 0.395 e. The zero-order valence-corrected chi connectivity index (χ0v) is 12.5. The van der Waals surface area contributed by atoms with E-state index in [1.807, 2.05) is 18.2 Å². The molecule has 114 valence electrons. The molecule has 0 aliphatic carbocycles. The lowest BCUT2D eigenvalue weighted by Gasteiger charge is -2.22. The molecule has 1 heterocycles. The highest BCUT2D eigenvalue weighted by Gasteiger charge is 2.11. The number of nitrogens with one attached hydrogen (secondary N) is 1. The van der Waals surface area contributed by atoms with E-state index < -0.39 is 0 Å². The minimum atomic E-state index is 0.163. The van der Waals surface area contributed by atoms with Crippen LogP contribution in [0.1, 0.15) is 25.3 Å². The number of hydrogen-bond donors (Lipinski definition) is 3. The summed E-state index contributed by atoms with van der Waals surface area (Å²) in [4.78, 5) is 6.79. The zero-order valence-electron chi connectivity index (χ0n) is 12.5. The number of aliphatic hydroxyl groups excluding tert-OH is 1. The van der Waals surface area contributed by atoms with E-state index in [0.717, 1.165) is 42.4 Å². The van der Waals surface area contributed by atoms with Crippen LogP contribution in [0.5, 0.6) is 0 Å². The molecule has 5 heteroatoms. The van der Waals surface area contributed by atoms with Gasteiger partial charge in [-0.3, -0.25) is 4.90 Å². The number of hydrazine groups is 1. The molecule has 0 saturated carbocycles. The van der Waals surface area contributed by atoms with Crippen molar-refractivity contribution in [3.8, 4) is 0 Å². The van der Waals surface area contributed by atoms with Crippen LogP contribution in [0, 0.1) is 0 Å². The number of para-hydroxylation sites is 1. The minimum Gasteiger partial charge on any atom is -0.395 e. The second-order valence-electron chi connectivity index (χ2n) is 5.19. The summed E-state index contributed by atoms with van der Waals surface area (Å²) in [5, 5.41) is 10.3. The van der Waals surface area contributed by atoms with E-state index in [4.69, 9.17) is 5.84 Å².